The minimum Gasteiger partial charge on any atom is -0.491 e. The third-order valence-electron chi connectivity index (χ3n) is 3.00. The minimum absolute atomic E-state index is 0.186. The zero-order valence-corrected chi connectivity index (χ0v) is 12.0. The van der Waals surface area contributed by atoms with Crippen LogP contribution in [-0.2, 0) is 6.42 Å². The first-order valence-electron chi connectivity index (χ1n) is 6.90. The number of aromatic nitrogens is 1. The molecule has 0 aliphatic heterocycles. The van der Waals surface area contributed by atoms with E-state index in [2.05, 4.69) is 10.3 Å². The van der Waals surface area contributed by atoms with E-state index in [0.29, 0.717) is 30.2 Å². The molecule has 1 aromatic carbocycles. The molecular formula is C16H19N3O2. The van der Waals surface area contributed by atoms with E-state index in [9.17, 15) is 4.79 Å². The van der Waals surface area contributed by atoms with Crippen LogP contribution in [0.4, 0.5) is 5.69 Å². The summed E-state index contributed by atoms with van der Waals surface area (Å²) in [4.78, 5) is 16.3. The molecule has 0 aliphatic rings. The number of hydrogen-bond donors (Lipinski definition) is 2. The molecule has 3 N–H and O–H groups in total. The number of para-hydroxylation sites is 1. The van der Waals surface area contributed by atoms with Gasteiger partial charge in [0.2, 0.25) is 0 Å². The van der Waals surface area contributed by atoms with Crippen molar-refractivity contribution in [3.05, 3.63) is 53.9 Å². The number of anilines is 1. The largest absolute Gasteiger partial charge is 0.491 e. The Hall–Kier alpha value is -2.56. The highest BCUT2D eigenvalue weighted by molar-refractivity contribution is 5.98. The predicted octanol–water partition coefficient (Wildman–Crippen LogP) is 2.04. The highest BCUT2D eigenvalue weighted by Crippen LogP contribution is 2.26. The monoisotopic (exact) mass is 285 g/mol. The Balaban J connectivity index is 1.99. The Labute approximate surface area is 124 Å². The number of ether oxygens (including phenoxy) is 1. The van der Waals surface area contributed by atoms with Gasteiger partial charge in [-0.15, -0.1) is 0 Å². The zero-order valence-electron chi connectivity index (χ0n) is 12.0. The maximum Gasteiger partial charge on any atom is 0.255 e. The average molecular weight is 285 g/mol. The van der Waals surface area contributed by atoms with Gasteiger partial charge in [-0.3, -0.25) is 9.78 Å². The third kappa shape index (κ3) is 3.95. The average Bonchev–Trinajstić information content (AvgIpc) is 2.50. The molecule has 0 radical (unpaired) electrons. The second-order valence-electron chi connectivity index (χ2n) is 4.52. The molecule has 1 aromatic heterocycles. The van der Waals surface area contributed by atoms with Crippen molar-refractivity contribution in [2.24, 2.45) is 0 Å². The van der Waals surface area contributed by atoms with E-state index in [4.69, 9.17) is 10.5 Å². The maximum absolute atomic E-state index is 12.2. The van der Waals surface area contributed by atoms with Crippen LogP contribution < -0.4 is 15.8 Å². The Bertz CT molecular complexity index is 600. The number of benzene rings is 1. The Morgan fingerprint density at radius 1 is 1.33 bits per heavy atom. The first-order chi connectivity index (χ1) is 10.2. The van der Waals surface area contributed by atoms with Crippen LogP contribution in [0, 0.1) is 0 Å². The molecule has 0 saturated carbocycles. The smallest absolute Gasteiger partial charge is 0.255 e. The number of nitrogens with two attached hydrogens (primary N) is 1. The van der Waals surface area contributed by atoms with Crippen molar-refractivity contribution in [3.63, 3.8) is 0 Å². The highest BCUT2D eigenvalue weighted by atomic mass is 16.5. The third-order valence-corrected chi connectivity index (χ3v) is 3.00. The van der Waals surface area contributed by atoms with E-state index in [1.54, 1.807) is 30.6 Å². The van der Waals surface area contributed by atoms with Crippen molar-refractivity contribution in [3.8, 4) is 5.75 Å². The fourth-order valence-electron chi connectivity index (χ4n) is 2.00. The molecule has 0 bridgehead atoms. The van der Waals surface area contributed by atoms with Crippen LogP contribution in [0.25, 0.3) is 0 Å². The fraction of sp³-hybridized carbons (Fsp3) is 0.250. The molecule has 0 fully saturated rings. The van der Waals surface area contributed by atoms with Crippen molar-refractivity contribution >= 4 is 11.6 Å². The van der Waals surface area contributed by atoms with Gasteiger partial charge in [-0.1, -0.05) is 12.1 Å². The van der Waals surface area contributed by atoms with Gasteiger partial charge >= 0.3 is 0 Å². The lowest BCUT2D eigenvalue weighted by Gasteiger charge is -2.12. The van der Waals surface area contributed by atoms with Crippen LogP contribution >= 0.6 is 0 Å². The van der Waals surface area contributed by atoms with Crippen LogP contribution in [0.2, 0.25) is 0 Å². The topological polar surface area (TPSA) is 77.2 Å². The predicted molar refractivity (Wildman–Crippen MR) is 82.3 cm³/mol. The standard InChI is InChI=1S/C16H19N3O2/c1-2-21-15-13(6-3-7-14(15)17)16(20)19-10-8-12-5-4-9-18-11-12/h3-7,9,11H,2,8,10,17H2,1H3,(H,19,20). The second-order valence-corrected chi connectivity index (χ2v) is 4.52. The zero-order chi connectivity index (χ0) is 15.1. The summed E-state index contributed by atoms with van der Waals surface area (Å²) in [6.45, 7) is 2.85. The summed E-state index contributed by atoms with van der Waals surface area (Å²) >= 11 is 0. The van der Waals surface area contributed by atoms with E-state index < -0.39 is 0 Å². The number of rotatable bonds is 6. The number of nitrogen functional groups attached to an aromatic ring is 1. The van der Waals surface area contributed by atoms with Gasteiger partial charge in [0.1, 0.15) is 0 Å². The van der Waals surface area contributed by atoms with Crippen LogP contribution in [0.5, 0.6) is 5.75 Å². The molecule has 2 aromatic rings. The maximum atomic E-state index is 12.2. The van der Waals surface area contributed by atoms with E-state index in [0.717, 1.165) is 12.0 Å². The first kappa shape index (κ1) is 14.8. The van der Waals surface area contributed by atoms with Gasteiger partial charge in [0, 0.05) is 18.9 Å². The number of carbonyl (C=O) groups excluding carboxylic acids is 1. The lowest BCUT2D eigenvalue weighted by Crippen LogP contribution is -2.26. The van der Waals surface area contributed by atoms with Crippen molar-refractivity contribution < 1.29 is 9.53 Å². The van der Waals surface area contributed by atoms with Crippen molar-refractivity contribution in [2.75, 3.05) is 18.9 Å². The lowest BCUT2D eigenvalue weighted by molar-refractivity contribution is 0.0950. The van der Waals surface area contributed by atoms with Crippen LogP contribution in [0.15, 0.2) is 42.7 Å². The van der Waals surface area contributed by atoms with Gasteiger partial charge < -0.3 is 15.8 Å². The second kappa shape index (κ2) is 7.28. The Morgan fingerprint density at radius 3 is 2.90 bits per heavy atom. The molecule has 5 heteroatoms. The Kier molecular flexibility index (Phi) is 5.15. The molecule has 1 amide bonds. The molecule has 1 heterocycles. The number of nitrogens with zero attached hydrogens (tertiary/aromatic N) is 1. The van der Waals surface area contributed by atoms with E-state index in [1.807, 2.05) is 19.1 Å². The SMILES string of the molecule is CCOc1c(N)cccc1C(=O)NCCc1cccnc1. The molecule has 0 spiro atoms. The van der Waals surface area contributed by atoms with Crippen molar-refractivity contribution in [1.82, 2.24) is 10.3 Å². The minimum atomic E-state index is -0.186. The molecule has 0 aliphatic carbocycles. The summed E-state index contributed by atoms with van der Waals surface area (Å²) in [5, 5.41) is 2.87. The van der Waals surface area contributed by atoms with Crippen LogP contribution in [0.1, 0.15) is 22.8 Å². The van der Waals surface area contributed by atoms with Gasteiger partial charge in [-0.2, -0.15) is 0 Å². The van der Waals surface area contributed by atoms with Crippen molar-refractivity contribution in [1.29, 1.82) is 0 Å². The summed E-state index contributed by atoms with van der Waals surface area (Å²) in [5.41, 5.74) is 7.86. The van der Waals surface area contributed by atoms with E-state index >= 15 is 0 Å². The molecule has 5 nitrogen and oxygen atoms in total. The number of pyridine rings is 1. The van der Waals surface area contributed by atoms with E-state index in [1.165, 1.54) is 0 Å². The summed E-state index contributed by atoms with van der Waals surface area (Å²) in [6.07, 6.45) is 4.24. The van der Waals surface area contributed by atoms with Crippen LogP contribution in [0.3, 0.4) is 0 Å². The Morgan fingerprint density at radius 2 is 2.19 bits per heavy atom. The first-order valence-corrected chi connectivity index (χ1v) is 6.90. The molecule has 2 rings (SSSR count). The number of nitrogens with one attached hydrogen (secondary N) is 1. The van der Waals surface area contributed by atoms with Gasteiger partial charge in [0.25, 0.3) is 5.91 Å². The number of hydrogen-bond acceptors (Lipinski definition) is 4. The van der Waals surface area contributed by atoms with Gasteiger partial charge in [-0.05, 0) is 37.1 Å². The molecule has 0 unspecified atom stereocenters. The van der Waals surface area contributed by atoms with Crippen molar-refractivity contribution in [2.45, 2.75) is 13.3 Å². The molecule has 0 atom stereocenters. The number of amides is 1. The fourth-order valence-corrected chi connectivity index (χ4v) is 2.00. The van der Waals surface area contributed by atoms with Gasteiger partial charge in [0.15, 0.2) is 5.75 Å². The molecule has 0 saturated heterocycles. The van der Waals surface area contributed by atoms with E-state index in [-0.39, 0.29) is 5.91 Å². The van der Waals surface area contributed by atoms with Gasteiger partial charge in [0.05, 0.1) is 17.9 Å². The quantitative estimate of drug-likeness (QED) is 0.796. The summed E-state index contributed by atoms with van der Waals surface area (Å²) < 4.78 is 5.46. The lowest BCUT2D eigenvalue weighted by atomic mass is 10.1. The molecule has 21 heavy (non-hydrogen) atoms. The summed E-state index contributed by atoms with van der Waals surface area (Å²) in [6, 6.07) is 9.03. The van der Waals surface area contributed by atoms with Gasteiger partial charge in [-0.25, -0.2) is 0 Å². The molecular weight excluding hydrogens is 266 g/mol. The van der Waals surface area contributed by atoms with Crippen LogP contribution in [-0.4, -0.2) is 24.0 Å². The highest BCUT2D eigenvalue weighted by Gasteiger charge is 2.14. The summed E-state index contributed by atoms with van der Waals surface area (Å²) in [7, 11) is 0. The molecule has 110 valence electrons. The summed E-state index contributed by atoms with van der Waals surface area (Å²) in [5.74, 6) is 0.258. The number of carbonyl (C=O) groups is 1. The normalized spacial score (nSPS) is 10.1.